The van der Waals surface area contributed by atoms with Gasteiger partial charge in [0.1, 0.15) is 5.78 Å². The fraction of sp³-hybridized carbons (Fsp3) is 0.927. The molecule has 14 rings (SSSR count). The van der Waals surface area contributed by atoms with E-state index in [4.69, 9.17) is 34.9 Å². The fourth-order valence-electron chi connectivity index (χ4n) is 14.5. The second kappa shape index (κ2) is 14.1. The van der Waals surface area contributed by atoms with Gasteiger partial charge in [-0.1, -0.05) is 0 Å². The van der Waals surface area contributed by atoms with Crippen LogP contribution in [0.15, 0.2) is 0 Å². The van der Waals surface area contributed by atoms with Crippen LogP contribution in [0.3, 0.4) is 0 Å². The Morgan fingerprint density at radius 1 is 0.660 bits per heavy atom. The number of aliphatic hydroxyl groups is 2. The molecule has 0 aromatic heterocycles. The number of nitrogens with one attached hydrogen (secondary N) is 2. The zero-order chi connectivity index (χ0) is 37.4. The number of amides is 2. The third-order valence-electron chi connectivity index (χ3n) is 15.3. The van der Waals surface area contributed by atoms with Gasteiger partial charge in [0.15, 0.2) is 11.6 Å². The largest absolute Gasteiger partial charge is 0.394 e. The Bertz CT molecular complexity index is 1350. The molecular formula is C41H65N3O9. The van der Waals surface area contributed by atoms with Gasteiger partial charge in [0.05, 0.1) is 39.1 Å². The van der Waals surface area contributed by atoms with E-state index < -0.39 is 6.10 Å². The average Bonchev–Trinajstić information content (AvgIpc) is 3.76. The van der Waals surface area contributed by atoms with E-state index in [2.05, 4.69) is 10.6 Å². The van der Waals surface area contributed by atoms with Crippen molar-refractivity contribution in [2.24, 2.45) is 59.0 Å². The van der Waals surface area contributed by atoms with E-state index in [0.717, 1.165) is 102 Å². The number of nitrogens with two attached hydrogens (primary N) is 1. The van der Waals surface area contributed by atoms with Gasteiger partial charge in [0.25, 0.3) is 0 Å². The van der Waals surface area contributed by atoms with Crippen LogP contribution in [-0.2, 0) is 33.3 Å². The molecule has 298 valence electrons. The van der Waals surface area contributed by atoms with Gasteiger partial charge in [-0.2, -0.15) is 0 Å². The van der Waals surface area contributed by atoms with Crippen LogP contribution >= 0.6 is 0 Å². The zero-order valence-corrected chi connectivity index (χ0v) is 32.2. The average molecular weight is 744 g/mol. The summed E-state index contributed by atoms with van der Waals surface area (Å²) >= 11 is 0. The molecule has 12 bridgehead atoms. The molecule has 7 atom stereocenters. The molecule has 2 spiro atoms. The van der Waals surface area contributed by atoms with Crippen LogP contribution in [0.2, 0.25) is 0 Å². The lowest BCUT2D eigenvalue weighted by atomic mass is 9.50. The van der Waals surface area contributed by atoms with Crippen LogP contribution in [0.1, 0.15) is 117 Å². The molecule has 12 nitrogen and oxygen atoms in total. The number of aliphatic hydroxyl groups excluding tert-OH is 2. The van der Waals surface area contributed by atoms with Crippen molar-refractivity contribution in [3.05, 3.63) is 0 Å². The summed E-state index contributed by atoms with van der Waals surface area (Å²) in [4.78, 5) is 34.6. The van der Waals surface area contributed by atoms with Crippen LogP contribution in [-0.4, -0.2) is 95.1 Å². The molecule has 2 aliphatic heterocycles. The highest BCUT2D eigenvalue weighted by Crippen LogP contribution is 2.63. The first-order chi connectivity index (χ1) is 25.2. The summed E-state index contributed by atoms with van der Waals surface area (Å²) in [5.41, 5.74) is 6.61. The number of Topliss-reactive ketones (excluding diaryl/α,β-unsaturated/α-hetero) is 1. The first kappa shape index (κ1) is 38.2. The molecule has 2 heterocycles. The van der Waals surface area contributed by atoms with Crippen molar-refractivity contribution in [2.75, 3.05) is 33.0 Å². The molecule has 0 aromatic rings. The van der Waals surface area contributed by atoms with Crippen molar-refractivity contribution in [3.63, 3.8) is 0 Å². The predicted octanol–water partition coefficient (Wildman–Crippen LogP) is 3.34. The van der Waals surface area contributed by atoms with Crippen LogP contribution in [0.4, 0.5) is 0 Å². The van der Waals surface area contributed by atoms with Crippen LogP contribution in [0, 0.1) is 53.3 Å². The summed E-state index contributed by atoms with van der Waals surface area (Å²) in [6.45, 7) is 7.66. The van der Waals surface area contributed by atoms with Crippen molar-refractivity contribution >= 4 is 17.6 Å². The summed E-state index contributed by atoms with van der Waals surface area (Å²) in [7, 11) is 0. The third-order valence-corrected chi connectivity index (χ3v) is 15.3. The van der Waals surface area contributed by atoms with Gasteiger partial charge in [-0.15, -0.1) is 0 Å². The summed E-state index contributed by atoms with van der Waals surface area (Å²) in [5, 5.41) is 22.4. The normalized spacial score (nSPS) is 46.6. The van der Waals surface area contributed by atoms with Crippen molar-refractivity contribution < 1.29 is 43.5 Å². The Morgan fingerprint density at radius 2 is 1.02 bits per heavy atom. The maximum atomic E-state index is 11.9. The van der Waals surface area contributed by atoms with E-state index in [9.17, 15) is 14.4 Å². The van der Waals surface area contributed by atoms with Crippen LogP contribution < -0.4 is 16.4 Å². The molecular weight excluding hydrogens is 678 g/mol. The minimum atomic E-state index is -0.560. The summed E-state index contributed by atoms with van der Waals surface area (Å²) < 4.78 is 24.0. The zero-order valence-electron chi connectivity index (χ0n) is 32.2. The van der Waals surface area contributed by atoms with E-state index in [1.54, 1.807) is 13.8 Å². The number of carbonyl (C=O) groups excluding carboxylic acids is 3. The molecule has 6 N–H and O–H groups in total. The van der Waals surface area contributed by atoms with E-state index in [1.165, 1.54) is 39.0 Å². The number of rotatable bonds is 3. The Hall–Kier alpha value is -1.67. The fourth-order valence-corrected chi connectivity index (χ4v) is 14.5. The van der Waals surface area contributed by atoms with Gasteiger partial charge in [-0.05, 0) is 121 Å². The topological polar surface area (TPSA) is 179 Å². The van der Waals surface area contributed by atoms with Gasteiger partial charge < -0.3 is 45.5 Å². The van der Waals surface area contributed by atoms with E-state index >= 15 is 0 Å². The lowest BCUT2D eigenvalue weighted by Gasteiger charge is -2.62. The molecule has 12 saturated carbocycles. The van der Waals surface area contributed by atoms with E-state index in [0.29, 0.717) is 35.4 Å². The van der Waals surface area contributed by atoms with Crippen molar-refractivity contribution in [2.45, 2.75) is 151 Å². The predicted molar refractivity (Wildman–Crippen MR) is 194 cm³/mol. The summed E-state index contributed by atoms with van der Waals surface area (Å²) in [5.74, 6) is 5.08. The highest BCUT2D eigenvalue weighted by Gasteiger charge is 2.66. The molecule has 12 aliphatic carbocycles. The number of ether oxygens (including phenoxy) is 4. The SMILES string of the molecule is CC(=O)NC12CC3CC(C1)C(=O)C(C3)C2.CC(=O)NC12CC3CC(C1)C1(OCCO1)C(C3)C2.CC(O)CO.NC12CC3CC(C1)C1(OCCO1)C(C3)C2. The Kier molecular flexibility index (Phi) is 10.1. The molecule has 0 aromatic carbocycles. The molecule has 7 unspecified atom stereocenters. The Labute approximate surface area is 314 Å². The second-order valence-electron chi connectivity index (χ2n) is 19.6. The minimum absolute atomic E-state index is 0.0176. The standard InChI is InChI=1S/C14H21NO3.C12H19NO2.C12H17NO2.C3H8O2/c1-9(16)15-13-6-10-4-11(7-13)14(12(5-10)8-13)17-2-3-18-14;13-11-5-8-3-9(6-11)12(10(4-8)7-11)14-1-2-15-12;1-7(14)13-12-4-8-2-9(5-12)11(15)10(3-8)6-12;1-3(5)2-4/h10-12H,2-8H2,1H3,(H,15,16);8-10H,1-7,13H2;8-10H,2-6H2,1H3,(H,13,14);3-5H,2H2,1H3. The first-order valence-electron chi connectivity index (χ1n) is 20.9. The highest BCUT2D eigenvalue weighted by atomic mass is 16.7. The first-order valence-corrected chi connectivity index (χ1v) is 20.9. The minimum Gasteiger partial charge on any atom is -0.394 e. The second-order valence-corrected chi connectivity index (χ2v) is 19.6. The van der Waals surface area contributed by atoms with Gasteiger partial charge in [0.2, 0.25) is 11.8 Å². The van der Waals surface area contributed by atoms with Gasteiger partial charge >= 0.3 is 0 Å². The Balaban J connectivity index is 0.000000107. The lowest BCUT2D eigenvalue weighted by molar-refractivity contribution is -0.293. The maximum Gasteiger partial charge on any atom is 0.217 e. The molecule has 14 aliphatic rings. The van der Waals surface area contributed by atoms with E-state index in [-0.39, 0.29) is 58.4 Å². The molecule has 2 saturated heterocycles. The van der Waals surface area contributed by atoms with Crippen molar-refractivity contribution in [1.29, 1.82) is 0 Å². The van der Waals surface area contributed by atoms with Crippen LogP contribution in [0.25, 0.3) is 0 Å². The van der Waals surface area contributed by atoms with Gasteiger partial charge in [0, 0.05) is 66.0 Å². The van der Waals surface area contributed by atoms with Crippen LogP contribution in [0.5, 0.6) is 0 Å². The highest BCUT2D eigenvalue weighted by molar-refractivity contribution is 5.86. The monoisotopic (exact) mass is 743 g/mol. The number of carbonyl (C=O) groups is 3. The van der Waals surface area contributed by atoms with E-state index in [1.807, 2.05) is 0 Å². The van der Waals surface area contributed by atoms with Gasteiger partial charge in [-0.25, -0.2) is 0 Å². The van der Waals surface area contributed by atoms with Crippen molar-refractivity contribution in [3.8, 4) is 0 Å². The third kappa shape index (κ3) is 7.03. The quantitative estimate of drug-likeness (QED) is 0.288. The molecule has 0 radical (unpaired) electrons. The summed E-state index contributed by atoms with van der Waals surface area (Å²) in [6, 6.07) is 0. The van der Waals surface area contributed by atoms with Crippen molar-refractivity contribution in [1.82, 2.24) is 10.6 Å². The number of hydrogen-bond donors (Lipinski definition) is 5. The lowest BCUT2D eigenvalue weighted by Crippen LogP contribution is -2.68. The number of hydrogen-bond acceptors (Lipinski definition) is 10. The summed E-state index contributed by atoms with van der Waals surface area (Å²) in [6.07, 6.45) is 16.3. The molecule has 2 amide bonds. The smallest absolute Gasteiger partial charge is 0.217 e. The molecule has 53 heavy (non-hydrogen) atoms. The number of ketones is 1. The molecule has 12 heteroatoms. The maximum absolute atomic E-state index is 11.9. The molecule has 14 fully saturated rings. The van der Waals surface area contributed by atoms with Gasteiger partial charge in [-0.3, -0.25) is 14.4 Å². The Morgan fingerprint density at radius 3 is 1.40 bits per heavy atom.